The standard InChI is InChI=1S/C22H25BrN4O2S2/c23-18-11-9-17(10-12-18)21-26-20(15-30-21)19(8-4-5-13-25-31-24)27-22(28)29-14-16-6-2-1-3-7-16/h1-3,6-7,9-12,15,19,25H,4-5,8,13-14,24H2,(H,27,28). The maximum atomic E-state index is 12.5. The van der Waals surface area contributed by atoms with Gasteiger partial charge in [0.15, 0.2) is 0 Å². The van der Waals surface area contributed by atoms with Gasteiger partial charge in [-0.25, -0.2) is 9.78 Å². The van der Waals surface area contributed by atoms with Gasteiger partial charge in [-0.2, -0.15) is 0 Å². The number of unbranched alkanes of at least 4 members (excludes halogenated alkanes) is 1. The number of aromatic nitrogens is 1. The summed E-state index contributed by atoms with van der Waals surface area (Å²) in [5, 5.41) is 11.3. The number of nitrogens with one attached hydrogen (secondary N) is 2. The van der Waals surface area contributed by atoms with Crippen LogP contribution in [-0.2, 0) is 11.3 Å². The average Bonchev–Trinajstić information content (AvgIpc) is 3.28. The molecule has 0 aliphatic rings. The Morgan fingerprint density at radius 3 is 2.68 bits per heavy atom. The SMILES string of the molecule is NSNCCCCC(NC(=O)OCc1ccccc1)c1csc(-c2ccc(Br)cc2)n1. The van der Waals surface area contributed by atoms with Gasteiger partial charge in [0.25, 0.3) is 0 Å². The zero-order valence-corrected chi connectivity index (χ0v) is 20.1. The molecule has 2 aromatic carbocycles. The van der Waals surface area contributed by atoms with Crippen molar-refractivity contribution >= 4 is 45.5 Å². The first-order chi connectivity index (χ1) is 15.2. The smallest absolute Gasteiger partial charge is 0.408 e. The third kappa shape index (κ3) is 7.93. The van der Waals surface area contributed by atoms with E-state index in [-0.39, 0.29) is 12.6 Å². The molecular weight excluding hydrogens is 496 g/mol. The van der Waals surface area contributed by atoms with E-state index in [1.807, 2.05) is 60.0 Å². The molecule has 0 radical (unpaired) electrons. The number of nitrogens with zero attached hydrogens (tertiary/aromatic N) is 1. The van der Waals surface area contributed by atoms with Crippen LogP contribution in [0.2, 0.25) is 0 Å². The summed E-state index contributed by atoms with van der Waals surface area (Å²) < 4.78 is 9.48. The van der Waals surface area contributed by atoms with Crippen LogP contribution in [0.1, 0.15) is 36.6 Å². The number of alkyl carbamates (subject to hydrolysis) is 1. The number of halogens is 1. The summed E-state index contributed by atoms with van der Waals surface area (Å²) in [5.41, 5.74) is 2.85. The highest BCUT2D eigenvalue weighted by molar-refractivity contribution is 9.10. The Morgan fingerprint density at radius 2 is 1.94 bits per heavy atom. The fraction of sp³-hybridized carbons (Fsp3) is 0.273. The van der Waals surface area contributed by atoms with Gasteiger partial charge < -0.3 is 10.1 Å². The van der Waals surface area contributed by atoms with Crippen LogP contribution < -0.4 is 15.2 Å². The zero-order chi connectivity index (χ0) is 21.9. The van der Waals surface area contributed by atoms with Crippen molar-refractivity contribution in [2.75, 3.05) is 6.54 Å². The van der Waals surface area contributed by atoms with Crippen molar-refractivity contribution in [3.05, 3.63) is 75.7 Å². The van der Waals surface area contributed by atoms with Gasteiger partial charge in [0, 0.05) is 34.1 Å². The number of thiazole rings is 1. The van der Waals surface area contributed by atoms with Crippen LogP contribution in [0.3, 0.4) is 0 Å². The minimum Gasteiger partial charge on any atom is -0.445 e. The first kappa shape index (κ1) is 23.7. The molecule has 3 rings (SSSR count). The lowest BCUT2D eigenvalue weighted by Crippen LogP contribution is -2.29. The number of benzene rings is 2. The molecule has 0 aliphatic carbocycles. The molecule has 0 fully saturated rings. The monoisotopic (exact) mass is 520 g/mol. The number of nitrogens with two attached hydrogens (primary N) is 1. The molecule has 4 N–H and O–H groups in total. The van der Waals surface area contributed by atoms with E-state index in [0.717, 1.165) is 64.2 Å². The second-order valence-corrected chi connectivity index (χ2v) is 9.15. The number of carbonyl (C=O) groups excluding carboxylic acids is 1. The minimum atomic E-state index is -0.442. The summed E-state index contributed by atoms with van der Waals surface area (Å²) >= 11 is 6.15. The quantitative estimate of drug-likeness (QED) is 0.218. The third-order valence-corrected chi connectivity index (χ3v) is 6.39. The predicted octanol–water partition coefficient (Wildman–Crippen LogP) is 5.82. The Morgan fingerprint density at radius 1 is 1.16 bits per heavy atom. The van der Waals surface area contributed by atoms with Gasteiger partial charge >= 0.3 is 6.09 Å². The highest BCUT2D eigenvalue weighted by Crippen LogP contribution is 2.29. The van der Waals surface area contributed by atoms with E-state index in [9.17, 15) is 4.79 Å². The summed E-state index contributed by atoms with van der Waals surface area (Å²) in [7, 11) is 0. The van der Waals surface area contributed by atoms with E-state index >= 15 is 0 Å². The number of hydrogen-bond donors (Lipinski definition) is 3. The fourth-order valence-electron chi connectivity index (χ4n) is 2.98. The van der Waals surface area contributed by atoms with Crippen LogP contribution >= 0.6 is 39.4 Å². The molecule has 1 amide bonds. The van der Waals surface area contributed by atoms with Crippen LogP contribution in [0.4, 0.5) is 4.79 Å². The molecule has 6 nitrogen and oxygen atoms in total. The Balaban J connectivity index is 1.64. The van der Waals surface area contributed by atoms with Crippen molar-refractivity contribution < 1.29 is 9.53 Å². The molecule has 3 aromatic rings. The fourth-order valence-corrected chi connectivity index (χ4v) is 4.38. The Kier molecular flexibility index (Phi) is 9.83. The summed E-state index contributed by atoms with van der Waals surface area (Å²) in [6, 6.07) is 17.5. The van der Waals surface area contributed by atoms with Crippen LogP contribution in [0, 0.1) is 0 Å². The maximum absolute atomic E-state index is 12.5. The third-order valence-electron chi connectivity index (χ3n) is 4.58. The zero-order valence-electron chi connectivity index (χ0n) is 16.9. The summed E-state index contributed by atoms with van der Waals surface area (Å²) in [4.78, 5) is 17.2. The van der Waals surface area contributed by atoms with Gasteiger partial charge in [0.1, 0.15) is 11.6 Å². The van der Waals surface area contributed by atoms with Crippen LogP contribution in [-0.4, -0.2) is 17.6 Å². The largest absolute Gasteiger partial charge is 0.445 e. The normalized spacial score (nSPS) is 11.8. The molecule has 0 spiro atoms. The van der Waals surface area contributed by atoms with Gasteiger partial charge in [-0.3, -0.25) is 9.86 Å². The second-order valence-electron chi connectivity index (χ2n) is 6.85. The lowest BCUT2D eigenvalue weighted by atomic mass is 10.1. The molecule has 164 valence electrons. The number of amides is 1. The second kappa shape index (κ2) is 12.8. The van der Waals surface area contributed by atoms with E-state index in [4.69, 9.17) is 14.9 Å². The number of carbonyl (C=O) groups is 1. The number of rotatable bonds is 11. The molecule has 0 saturated carbocycles. The number of ether oxygens (including phenoxy) is 1. The van der Waals surface area contributed by atoms with Gasteiger partial charge in [0.2, 0.25) is 0 Å². The molecule has 0 saturated heterocycles. The van der Waals surface area contributed by atoms with Crippen molar-refractivity contribution in [3.63, 3.8) is 0 Å². The van der Waals surface area contributed by atoms with Crippen molar-refractivity contribution in [1.82, 2.24) is 15.0 Å². The van der Waals surface area contributed by atoms with Gasteiger partial charge in [-0.05, 0) is 37.0 Å². The lowest BCUT2D eigenvalue weighted by molar-refractivity contribution is 0.134. The van der Waals surface area contributed by atoms with Crippen LogP contribution in [0.25, 0.3) is 10.6 Å². The number of hydrogen-bond acceptors (Lipinski definition) is 7. The lowest BCUT2D eigenvalue weighted by Gasteiger charge is -2.17. The molecule has 0 aliphatic heterocycles. The van der Waals surface area contributed by atoms with E-state index in [0.29, 0.717) is 0 Å². The molecule has 1 aromatic heterocycles. The predicted molar refractivity (Wildman–Crippen MR) is 131 cm³/mol. The van der Waals surface area contributed by atoms with Crippen molar-refractivity contribution in [3.8, 4) is 10.6 Å². The Bertz CT molecular complexity index is 938. The van der Waals surface area contributed by atoms with Crippen molar-refractivity contribution in [2.24, 2.45) is 5.14 Å². The van der Waals surface area contributed by atoms with Gasteiger partial charge in [-0.1, -0.05) is 58.4 Å². The topological polar surface area (TPSA) is 89.3 Å². The van der Waals surface area contributed by atoms with Crippen molar-refractivity contribution in [2.45, 2.75) is 31.9 Å². The highest BCUT2D eigenvalue weighted by Gasteiger charge is 2.19. The highest BCUT2D eigenvalue weighted by atomic mass is 79.9. The Labute approximate surface area is 199 Å². The molecule has 31 heavy (non-hydrogen) atoms. The van der Waals surface area contributed by atoms with E-state index in [1.165, 1.54) is 0 Å². The average molecular weight is 522 g/mol. The van der Waals surface area contributed by atoms with E-state index in [1.54, 1.807) is 11.3 Å². The van der Waals surface area contributed by atoms with Gasteiger partial charge in [-0.15, -0.1) is 11.3 Å². The van der Waals surface area contributed by atoms with E-state index in [2.05, 4.69) is 26.0 Å². The molecule has 1 atom stereocenters. The minimum absolute atomic E-state index is 0.214. The molecule has 9 heteroatoms. The molecular formula is C22H25BrN4O2S2. The summed E-state index contributed by atoms with van der Waals surface area (Å²) in [6.07, 6.45) is 2.19. The first-order valence-corrected chi connectivity index (χ1v) is 12.5. The van der Waals surface area contributed by atoms with Crippen LogP contribution in [0.15, 0.2) is 64.5 Å². The summed E-state index contributed by atoms with van der Waals surface area (Å²) in [6.45, 7) is 1.05. The Hall–Kier alpha value is -1.91. The van der Waals surface area contributed by atoms with E-state index < -0.39 is 6.09 Å². The maximum Gasteiger partial charge on any atom is 0.408 e. The summed E-state index contributed by atoms with van der Waals surface area (Å²) in [5.74, 6) is 0. The van der Waals surface area contributed by atoms with Crippen molar-refractivity contribution in [1.29, 1.82) is 0 Å². The molecule has 1 unspecified atom stereocenters. The first-order valence-electron chi connectivity index (χ1n) is 9.93. The van der Waals surface area contributed by atoms with Gasteiger partial charge in [0.05, 0.1) is 11.7 Å². The molecule has 0 bridgehead atoms. The molecule has 1 heterocycles. The van der Waals surface area contributed by atoms with Crippen LogP contribution in [0.5, 0.6) is 0 Å².